The fraction of sp³-hybridized carbons (Fsp3) is 0.429. The van der Waals surface area contributed by atoms with Crippen molar-refractivity contribution in [1.29, 1.82) is 0 Å². The van der Waals surface area contributed by atoms with Gasteiger partial charge in [-0.1, -0.05) is 6.92 Å². The van der Waals surface area contributed by atoms with Crippen molar-refractivity contribution >= 4 is 33.0 Å². The predicted molar refractivity (Wildman–Crippen MR) is 81.0 cm³/mol. The van der Waals surface area contributed by atoms with Crippen LogP contribution in [0.4, 0.5) is 0 Å². The molecule has 0 bridgehead atoms. The maximum Gasteiger partial charge on any atom is 0.259 e. The lowest BCUT2D eigenvalue weighted by molar-refractivity contribution is 0.602. The average molecular weight is 298 g/mol. The molecule has 0 radical (unpaired) electrons. The van der Waals surface area contributed by atoms with Gasteiger partial charge in [0.1, 0.15) is 17.0 Å². The summed E-state index contributed by atoms with van der Waals surface area (Å²) in [6.07, 6.45) is 5.47. The summed E-state index contributed by atoms with van der Waals surface area (Å²) in [4.78, 5) is 7.36. The third-order valence-corrected chi connectivity index (χ3v) is 5.68. The second-order valence-electron chi connectivity index (χ2n) is 5.81. The van der Waals surface area contributed by atoms with Gasteiger partial charge >= 0.3 is 0 Å². The fourth-order valence-corrected chi connectivity index (χ4v) is 4.94. The summed E-state index contributed by atoms with van der Waals surface area (Å²) < 4.78 is 3.88. The minimum Gasteiger partial charge on any atom is -0.256 e. The van der Waals surface area contributed by atoms with Crippen LogP contribution >= 0.6 is 11.3 Å². The highest BCUT2D eigenvalue weighted by atomic mass is 32.1. The molecule has 7 heteroatoms. The van der Waals surface area contributed by atoms with E-state index in [1.807, 2.05) is 27.2 Å². The zero-order chi connectivity index (χ0) is 14.1. The van der Waals surface area contributed by atoms with Crippen molar-refractivity contribution < 1.29 is 0 Å². The molecule has 0 N–H and O–H groups in total. The second-order valence-corrected chi connectivity index (χ2v) is 6.89. The molecule has 1 aliphatic carbocycles. The molecule has 4 aromatic heterocycles. The van der Waals surface area contributed by atoms with Crippen molar-refractivity contribution in [3.63, 3.8) is 0 Å². The molecule has 1 aliphatic rings. The monoisotopic (exact) mass is 298 g/mol. The number of aryl methyl sites for hydroxylation is 2. The number of aromatic nitrogens is 6. The van der Waals surface area contributed by atoms with Crippen LogP contribution in [0, 0.1) is 6.92 Å². The van der Waals surface area contributed by atoms with Crippen LogP contribution in [0.1, 0.15) is 41.9 Å². The third kappa shape index (κ3) is 1.37. The van der Waals surface area contributed by atoms with Crippen LogP contribution in [0.3, 0.4) is 0 Å². The van der Waals surface area contributed by atoms with E-state index in [0.29, 0.717) is 5.92 Å². The topological polar surface area (TPSA) is 60.4 Å². The van der Waals surface area contributed by atoms with Gasteiger partial charge in [0.2, 0.25) is 0 Å². The Kier molecular flexibility index (Phi) is 2.10. The van der Waals surface area contributed by atoms with E-state index in [1.54, 1.807) is 6.33 Å². The molecule has 4 heterocycles. The first-order valence-corrected chi connectivity index (χ1v) is 8.06. The van der Waals surface area contributed by atoms with Gasteiger partial charge in [0, 0.05) is 4.88 Å². The predicted octanol–water partition coefficient (Wildman–Crippen LogP) is 2.73. The van der Waals surface area contributed by atoms with Crippen LogP contribution in [0.5, 0.6) is 0 Å². The summed E-state index contributed by atoms with van der Waals surface area (Å²) >= 11 is 1.86. The molecule has 0 saturated heterocycles. The highest BCUT2D eigenvalue weighted by Gasteiger charge is 2.26. The summed E-state index contributed by atoms with van der Waals surface area (Å²) in [6.45, 7) is 4.24. The van der Waals surface area contributed by atoms with Gasteiger partial charge in [-0.3, -0.25) is 4.40 Å². The van der Waals surface area contributed by atoms with E-state index in [-0.39, 0.29) is 0 Å². The van der Waals surface area contributed by atoms with Crippen LogP contribution in [-0.4, -0.2) is 29.2 Å². The summed E-state index contributed by atoms with van der Waals surface area (Å²) in [5.74, 6) is 2.09. The van der Waals surface area contributed by atoms with Gasteiger partial charge in [0.05, 0.1) is 5.39 Å². The Labute approximate surface area is 124 Å². The van der Waals surface area contributed by atoms with E-state index in [9.17, 15) is 0 Å². The van der Waals surface area contributed by atoms with Gasteiger partial charge < -0.3 is 0 Å². The Morgan fingerprint density at radius 3 is 3.19 bits per heavy atom. The lowest BCUT2D eigenvalue weighted by atomic mass is 9.87. The van der Waals surface area contributed by atoms with Crippen molar-refractivity contribution in [1.82, 2.24) is 29.2 Å². The number of nitrogens with zero attached hydrogens (tertiary/aromatic N) is 6. The van der Waals surface area contributed by atoms with Gasteiger partial charge in [-0.25, -0.2) is 4.98 Å². The molecular weight excluding hydrogens is 284 g/mol. The largest absolute Gasteiger partial charge is 0.259 e. The lowest BCUT2D eigenvalue weighted by Gasteiger charge is -2.18. The maximum absolute atomic E-state index is 4.66. The van der Waals surface area contributed by atoms with E-state index in [4.69, 9.17) is 0 Å². The normalized spacial score (nSPS) is 18.9. The molecule has 1 atom stereocenters. The average Bonchev–Trinajstić information content (AvgIpc) is 3.12. The molecule has 0 aromatic carbocycles. The molecule has 106 valence electrons. The van der Waals surface area contributed by atoms with E-state index in [2.05, 4.69) is 27.2 Å². The zero-order valence-corrected chi connectivity index (χ0v) is 12.7. The minimum absolute atomic E-state index is 0.581. The van der Waals surface area contributed by atoms with Crippen molar-refractivity contribution in [2.75, 3.05) is 0 Å². The van der Waals surface area contributed by atoms with Crippen molar-refractivity contribution in [3.05, 3.63) is 22.6 Å². The van der Waals surface area contributed by atoms with Crippen LogP contribution in [-0.2, 0) is 6.42 Å². The lowest BCUT2D eigenvalue weighted by Crippen LogP contribution is -2.05. The fourth-order valence-electron chi connectivity index (χ4n) is 3.52. The molecule has 0 aliphatic heterocycles. The van der Waals surface area contributed by atoms with Gasteiger partial charge in [0.15, 0.2) is 5.65 Å². The minimum atomic E-state index is 0.581. The maximum atomic E-state index is 4.66. The number of hydrogen-bond acceptors (Lipinski definition) is 5. The van der Waals surface area contributed by atoms with Gasteiger partial charge in [-0.05, 0) is 37.7 Å². The van der Waals surface area contributed by atoms with Gasteiger partial charge in [-0.15, -0.1) is 26.6 Å². The Bertz CT molecular complexity index is 1010. The number of thiophene rings is 1. The quantitative estimate of drug-likeness (QED) is 0.501. The molecular formula is C14H14N6S. The third-order valence-electron chi connectivity index (χ3n) is 4.41. The number of rotatable bonds is 0. The molecule has 0 amide bonds. The smallest absolute Gasteiger partial charge is 0.256 e. The van der Waals surface area contributed by atoms with Gasteiger partial charge in [0.25, 0.3) is 5.78 Å². The molecule has 0 fully saturated rings. The van der Waals surface area contributed by atoms with Gasteiger partial charge in [-0.2, -0.15) is 4.52 Å². The Morgan fingerprint density at radius 1 is 1.38 bits per heavy atom. The van der Waals surface area contributed by atoms with Crippen molar-refractivity contribution in [3.8, 4) is 0 Å². The summed E-state index contributed by atoms with van der Waals surface area (Å²) in [6, 6.07) is 0. The van der Waals surface area contributed by atoms with E-state index < -0.39 is 0 Å². The molecule has 0 saturated carbocycles. The summed E-state index contributed by atoms with van der Waals surface area (Å²) in [5, 5.41) is 14.0. The molecule has 21 heavy (non-hydrogen) atoms. The standard InChI is InChI=1S/C14H14N6S/c1-7-4-3-5-9-10(7)11-12-16-8(2)18-20(12)14-17-15-6-19(14)13(11)21-9/h6-7H,3-5H2,1-2H3/t7-/m0/s1. The number of fused-ring (bicyclic) bond motifs is 8. The van der Waals surface area contributed by atoms with E-state index in [0.717, 1.165) is 17.2 Å². The SMILES string of the molecule is Cc1nc2c3c4c(sc3n3cnnc3n2n1)CCC[C@@H]4C. The Balaban J connectivity index is 2.11. The van der Waals surface area contributed by atoms with Crippen molar-refractivity contribution in [2.24, 2.45) is 0 Å². The van der Waals surface area contributed by atoms with Crippen LogP contribution in [0.2, 0.25) is 0 Å². The van der Waals surface area contributed by atoms with Crippen LogP contribution < -0.4 is 0 Å². The Morgan fingerprint density at radius 2 is 2.29 bits per heavy atom. The first-order valence-electron chi connectivity index (χ1n) is 7.24. The van der Waals surface area contributed by atoms with E-state index >= 15 is 0 Å². The van der Waals surface area contributed by atoms with Crippen molar-refractivity contribution in [2.45, 2.75) is 39.0 Å². The zero-order valence-electron chi connectivity index (χ0n) is 11.9. The molecule has 0 unspecified atom stereocenters. The summed E-state index contributed by atoms with van der Waals surface area (Å²) in [7, 11) is 0. The highest BCUT2D eigenvalue weighted by Crippen LogP contribution is 2.43. The van der Waals surface area contributed by atoms with Crippen LogP contribution in [0.25, 0.3) is 21.6 Å². The number of hydrogen-bond donors (Lipinski definition) is 0. The Hall–Kier alpha value is -2.02. The first kappa shape index (κ1) is 11.6. The second kappa shape index (κ2) is 3.79. The molecule has 5 rings (SSSR count). The summed E-state index contributed by atoms with van der Waals surface area (Å²) in [5.41, 5.74) is 2.39. The van der Waals surface area contributed by atoms with Crippen LogP contribution in [0.15, 0.2) is 6.33 Å². The molecule has 6 nitrogen and oxygen atoms in total. The molecule has 4 aromatic rings. The highest BCUT2D eigenvalue weighted by molar-refractivity contribution is 7.19. The molecule has 0 spiro atoms. The van der Waals surface area contributed by atoms with E-state index in [1.165, 1.54) is 39.9 Å². The first-order chi connectivity index (χ1) is 10.2.